The number of benzene rings is 1. The van der Waals surface area contributed by atoms with Crippen molar-refractivity contribution >= 4 is 34.0 Å². The summed E-state index contributed by atoms with van der Waals surface area (Å²) < 4.78 is 28.6. The van der Waals surface area contributed by atoms with Gasteiger partial charge in [-0.05, 0) is 6.07 Å². The van der Waals surface area contributed by atoms with Gasteiger partial charge in [0.05, 0.1) is 11.2 Å². The number of halogens is 4. The van der Waals surface area contributed by atoms with E-state index < -0.39 is 6.61 Å². The fourth-order valence-corrected chi connectivity index (χ4v) is 1.86. The highest BCUT2D eigenvalue weighted by atomic mass is 35.5. The number of rotatable bonds is 2. The van der Waals surface area contributed by atoms with E-state index in [0.717, 1.165) is 6.20 Å². The summed E-state index contributed by atoms with van der Waals surface area (Å²) in [4.78, 5) is 3.75. The van der Waals surface area contributed by atoms with Gasteiger partial charge in [0, 0.05) is 10.8 Å². The first kappa shape index (κ1) is 11.4. The molecule has 0 aliphatic rings. The standard InChI is InChI=1S/C10H5Cl2F2NO/c11-6-3-1-2-5-8(6)7(16-10(13)14)4-15-9(5)12/h1-4,10H. The number of nitrogens with zero attached hydrogens (tertiary/aromatic N) is 1. The molecule has 6 heteroatoms. The third-order valence-corrected chi connectivity index (χ3v) is 2.61. The van der Waals surface area contributed by atoms with Gasteiger partial charge in [0.1, 0.15) is 5.15 Å². The molecule has 0 saturated heterocycles. The second-order valence-electron chi connectivity index (χ2n) is 2.95. The smallest absolute Gasteiger partial charge is 0.387 e. The highest BCUT2D eigenvalue weighted by molar-refractivity contribution is 6.39. The minimum atomic E-state index is -2.93. The zero-order valence-corrected chi connectivity index (χ0v) is 9.27. The third-order valence-electron chi connectivity index (χ3n) is 1.99. The Balaban J connectivity index is 2.71. The Labute approximate surface area is 99.7 Å². The fraction of sp³-hybridized carbons (Fsp3) is 0.100. The number of fused-ring (bicyclic) bond motifs is 1. The Morgan fingerprint density at radius 3 is 2.69 bits per heavy atom. The van der Waals surface area contributed by atoms with E-state index in [1.807, 2.05) is 0 Å². The van der Waals surface area contributed by atoms with Gasteiger partial charge in [-0.1, -0.05) is 35.3 Å². The number of ether oxygens (including phenoxy) is 1. The zero-order valence-electron chi connectivity index (χ0n) is 7.75. The van der Waals surface area contributed by atoms with Gasteiger partial charge in [0.15, 0.2) is 5.75 Å². The number of hydrogen-bond donors (Lipinski definition) is 0. The van der Waals surface area contributed by atoms with Crippen molar-refractivity contribution in [1.82, 2.24) is 4.98 Å². The molecule has 0 unspecified atom stereocenters. The van der Waals surface area contributed by atoms with Gasteiger partial charge < -0.3 is 4.74 Å². The van der Waals surface area contributed by atoms with E-state index in [-0.39, 0.29) is 15.9 Å². The average Bonchev–Trinajstić information content (AvgIpc) is 2.22. The summed E-state index contributed by atoms with van der Waals surface area (Å²) in [5, 5.41) is 1.30. The predicted octanol–water partition coefficient (Wildman–Crippen LogP) is 4.14. The van der Waals surface area contributed by atoms with Crippen molar-refractivity contribution in [2.75, 3.05) is 0 Å². The van der Waals surface area contributed by atoms with Crippen LogP contribution < -0.4 is 4.74 Å². The largest absolute Gasteiger partial charge is 0.432 e. The van der Waals surface area contributed by atoms with Crippen LogP contribution in [0, 0.1) is 0 Å². The van der Waals surface area contributed by atoms with Crippen LogP contribution in [0.5, 0.6) is 5.75 Å². The highest BCUT2D eigenvalue weighted by Crippen LogP contribution is 2.35. The molecule has 0 atom stereocenters. The summed E-state index contributed by atoms with van der Waals surface area (Å²) in [5.74, 6) is -0.0833. The Bertz CT molecular complexity index is 533. The summed E-state index contributed by atoms with van der Waals surface area (Å²) >= 11 is 11.7. The monoisotopic (exact) mass is 263 g/mol. The molecule has 2 rings (SSSR count). The summed E-state index contributed by atoms with van der Waals surface area (Å²) in [7, 11) is 0. The van der Waals surface area contributed by atoms with Crippen molar-refractivity contribution in [3.63, 3.8) is 0 Å². The lowest BCUT2D eigenvalue weighted by Gasteiger charge is -2.09. The van der Waals surface area contributed by atoms with E-state index >= 15 is 0 Å². The fourth-order valence-electron chi connectivity index (χ4n) is 1.38. The van der Waals surface area contributed by atoms with Crippen LogP contribution >= 0.6 is 23.2 Å². The molecule has 0 radical (unpaired) electrons. The SMILES string of the molecule is FC(F)Oc1cnc(Cl)c2cccc(Cl)c12. The van der Waals surface area contributed by atoms with Crippen molar-refractivity contribution in [1.29, 1.82) is 0 Å². The van der Waals surface area contributed by atoms with Gasteiger partial charge in [-0.3, -0.25) is 0 Å². The molecule has 0 aliphatic carbocycles. The molecule has 0 saturated carbocycles. The summed E-state index contributed by atoms with van der Waals surface area (Å²) in [6.45, 7) is -2.93. The van der Waals surface area contributed by atoms with Gasteiger partial charge in [-0.15, -0.1) is 0 Å². The van der Waals surface area contributed by atoms with Crippen LogP contribution in [0.25, 0.3) is 10.8 Å². The van der Waals surface area contributed by atoms with Crippen molar-refractivity contribution in [3.8, 4) is 5.75 Å². The van der Waals surface area contributed by atoms with Crippen molar-refractivity contribution < 1.29 is 13.5 Å². The number of pyridine rings is 1. The van der Waals surface area contributed by atoms with Crippen LogP contribution in [0.15, 0.2) is 24.4 Å². The normalized spacial score (nSPS) is 11.1. The molecule has 84 valence electrons. The zero-order chi connectivity index (χ0) is 11.7. The molecule has 1 aromatic carbocycles. The van der Waals surface area contributed by atoms with Gasteiger partial charge in [-0.25, -0.2) is 4.98 Å². The topological polar surface area (TPSA) is 22.1 Å². The Kier molecular flexibility index (Phi) is 3.12. The Hall–Kier alpha value is -1.13. The molecule has 2 aromatic rings. The molecule has 0 aliphatic heterocycles. The first-order valence-electron chi connectivity index (χ1n) is 4.27. The van der Waals surface area contributed by atoms with E-state index in [1.54, 1.807) is 18.2 Å². The Morgan fingerprint density at radius 2 is 2.00 bits per heavy atom. The van der Waals surface area contributed by atoms with E-state index in [0.29, 0.717) is 10.8 Å². The minimum absolute atomic E-state index is 0.0833. The van der Waals surface area contributed by atoms with Gasteiger partial charge in [0.2, 0.25) is 0 Å². The Morgan fingerprint density at radius 1 is 1.25 bits per heavy atom. The molecule has 2 nitrogen and oxygen atoms in total. The summed E-state index contributed by atoms with van der Waals surface area (Å²) in [6, 6.07) is 4.86. The highest BCUT2D eigenvalue weighted by Gasteiger charge is 2.13. The van der Waals surface area contributed by atoms with Crippen LogP contribution in [0.4, 0.5) is 8.78 Å². The minimum Gasteiger partial charge on any atom is -0.432 e. The maximum absolute atomic E-state index is 12.2. The summed E-state index contributed by atoms with van der Waals surface area (Å²) in [5.41, 5.74) is 0. The first-order chi connectivity index (χ1) is 7.59. The molecule has 0 fully saturated rings. The third kappa shape index (κ3) is 2.03. The lowest BCUT2D eigenvalue weighted by Crippen LogP contribution is -2.03. The van der Waals surface area contributed by atoms with Gasteiger partial charge in [-0.2, -0.15) is 8.78 Å². The van der Waals surface area contributed by atoms with Crippen molar-refractivity contribution in [3.05, 3.63) is 34.6 Å². The van der Waals surface area contributed by atoms with Crippen LogP contribution in [0.3, 0.4) is 0 Å². The van der Waals surface area contributed by atoms with E-state index in [1.165, 1.54) is 0 Å². The number of aromatic nitrogens is 1. The molecular formula is C10H5Cl2F2NO. The maximum Gasteiger partial charge on any atom is 0.387 e. The lowest BCUT2D eigenvalue weighted by atomic mass is 10.1. The number of hydrogen-bond acceptors (Lipinski definition) is 2. The van der Waals surface area contributed by atoms with Crippen molar-refractivity contribution in [2.45, 2.75) is 6.61 Å². The van der Waals surface area contributed by atoms with Crippen LogP contribution in [-0.2, 0) is 0 Å². The average molecular weight is 264 g/mol. The molecule has 0 bridgehead atoms. The number of alkyl halides is 2. The van der Waals surface area contributed by atoms with Crippen LogP contribution in [0.2, 0.25) is 10.2 Å². The predicted molar refractivity (Wildman–Crippen MR) is 58.4 cm³/mol. The van der Waals surface area contributed by atoms with E-state index in [2.05, 4.69) is 9.72 Å². The second-order valence-corrected chi connectivity index (χ2v) is 3.72. The molecule has 16 heavy (non-hydrogen) atoms. The van der Waals surface area contributed by atoms with Crippen LogP contribution in [-0.4, -0.2) is 11.6 Å². The molecule has 1 heterocycles. The van der Waals surface area contributed by atoms with Crippen LogP contribution in [0.1, 0.15) is 0 Å². The second kappa shape index (κ2) is 4.39. The first-order valence-corrected chi connectivity index (χ1v) is 5.02. The van der Waals surface area contributed by atoms with Gasteiger partial charge in [0.25, 0.3) is 0 Å². The molecule has 0 N–H and O–H groups in total. The van der Waals surface area contributed by atoms with E-state index in [9.17, 15) is 8.78 Å². The summed E-state index contributed by atoms with van der Waals surface area (Å²) in [6.07, 6.45) is 1.13. The molecule has 0 amide bonds. The van der Waals surface area contributed by atoms with Gasteiger partial charge >= 0.3 is 6.61 Å². The quantitative estimate of drug-likeness (QED) is 0.760. The molecular weight excluding hydrogens is 259 g/mol. The maximum atomic E-state index is 12.2. The lowest BCUT2D eigenvalue weighted by molar-refractivity contribution is -0.0490. The van der Waals surface area contributed by atoms with Crippen molar-refractivity contribution in [2.24, 2.45) is 0 Å². The molecule has 1 aromatic heterocycles. The molecule has 0 spiro atoms. The van der Waals surface area contributed by atoms with E-state index in [4.69, 9.17) is 23.2 Å².